The summed E-state index contributed by atoms with van der Waals surface area (Å²) in [6, 6.07) is 18.7. The van der Waals surface area contributed by atoms with Gasteiger partial charge in [0.1, 0.15) is 11.6 Å². The second-order valence-electron chi connectivity index (χ2n) is 6.38. The van der Waals surface area contributed by atoms with Crippen molar-refractivity contribution in [3.63, 3.8) is 0 Å². The monoisotopic (exact) mass is 410 g/mol. The lowest BCUT2D eigenvalue weighted by Crippen LogP contribution is -2.20. The highest BCUT2D eigenvalue weighted by atomic mass is 19.1. The molecule has 0 aliphatic rings. The molecule has 0 saturated carbocycles. The Kier molecular flexibility index (Phi) is 7.10. The number of anilines is 2. The van der Waals surface area contributed by atoms with Crippen LogP contribution in [0.1, 0.15) is 5.56 Å². The van der Waals surface area contributed by atoms with Gasteiger partial charge in [0.25, 0.3) is 5.91 Å². The van der Waals surface area contributed by atoms with Crippen molar-refractivity contribution in [3.05, 3.63) is 78.1 Å². The van der Waals surface area contributed by atoms with Crippen molar-refractivity contribution in [2.45, 2.75) is 6.54 Å². The fourth-order valence-corrected chi connectivity index (χ4v) is 2.79. The van der Waals surface area contributed by atoms with Crippen LogP contribution in [0.3, 0.4) is 0 Å². The number of hydrogen-bond donors (Lipinski definition) is 2. The molecule has 3 rings (SSSR count). The molecule has 0 bridgehead atoms. The number of carbonyl (C=O) groups is 1. The van der Waals surface area contributed by atoms with Gasteiger partial charge in [-0.25, -0.2) is 4.39 Å². The summed E-state index contributed by atoms with van der Waals surface area (Å²) in [7, 11) is 3.08. The maximum absolute atomic E-state index is 13.0. The smallest absolute Gasteiger partial charge is 0.262 e. The molecule has 0 atom stereocenters. The largest absolute Gasteiger partial charge is 0.495 e. The van der Waals surface area contributed by atoms with E-state index >= 15 is 0 Å². The Morgan fingerprint density at radius 1 is 0.900 bits per heavy atom. The quantitative estimate of drug-likeness (QED) is 0.545. The normalized spacial score (nSPS) is 10.2. The fraction of sp³-hybridized carbons (Fsp3) is 0.174. The molecule has 0 aliphatic heterocycles. The number of para-hydroxylation sites is 2. The zero-order valence-electron chi connectivity index (χ0n) is 16.8. The molecule has 3 aromatic rings. The summed E-state index contributed by atoms with van der Waals surface area (Å²) in [6.45, 7) is 0.345. The number of amides is 1. The molecule has 7 heteroatoms. The van der Waals surface area contributed by atoms with Gasteiger partial charge in [0, 0.05) is 12.2 Å². The Labute approximate surface area is 174 Å². The maximum atomic E-state index is 13.0. The fourth-order valence-electron chi connectivity index (χ4n) is 2.79. The summed E-state index contributed by atoms with van der Waals surface area (Å²) in [5.74, 6) is 0.945. The Hall–Kier alpha value is -3.74. The second-order valence-corrected chi connectivity index (χ2v) is 6.38. The summed E-state index contributed by atoms with van der Waals surface area (Å²) < 4.78 is 29.2. The molecule has 0 unspecified atom stereocenters. The molecule has 3 aromatic carbocycles. The Bertz CT molecular complexity index is 993. The van der Waals surface area contributed by atoms with Gasteiger partial charge in [-0.2, -0.15) is 0 Å². The van der Waals surface area contributed by atoms with Gasteiger partial charge in [-0.15, -0.1) is 0 Å². The van der Waals surface area contributed by atoms with Gasteiger partial charge in [0.05, 0.1) is 19.9 Å². The number of halogens is 1. The average molecular weight is 410 g/mol. The van der Waals surface area contributed by atoms with Crippen LogP contribution in [0.2, 0.25) is 0 Å². The molecule has 0 heterocycles. The van der Waals surface area contributed by atoms with Crippen LogP contribution in [0, 0.1) is 5.82 Å². The first-order valence-corrected chi connectivity index (χ1v) is 9.31. The SMILES string of the molecule is COc1ccccc1NC(=O)COc1ccc(CNc2ccc(F)cc2)cc1OC. The third-order valence-corrected chi connectivity index (χ3v) is 4.31. The number of benzene rings is 3. The summed E-state index contributed by atoms with van der Waals surface area (Å²) in [5.41, 5.74) is 2.33. The van der Waals surface area contributed by atoms with Crippen molar-refractivity contribution in [2.75, 3.05) is 31.5 Å². The standard InChI is InChI=1S/C23H23FN2O4/c1-28-20-6-4-3-5-19(20)26-23(27)15-30-21-12-7-16(13-22(21)29-2)14-25-18-10-8-17(24)9-11-18/h3-13,25H,14-15H2,1-2H3,(H,26,27). The number of ether oxygens (including phenoxy) is 3. The van der Waals surface area contributed by atoms with Crippen molar-refractivity contribution in [1.29, 1.82) is 0 Å². The molecule has 0 radical (unpaired) electrons. The van der Waals surface area contributed by atoms with Crippen LogP contribution in [0.25, 0.3) is 0 Å². The highest BCUT2D eigenvalue weighted by molar-refractivity contribution is 5.93. The van der Waals surface area contributed by atoms with E-state index in [0.29, 0.717) is 29.5 Å². The number of hydrogen-bond acceptors (Lipinski definition) is 5. The van der Waals surface area contributed by atoms with Crippen molar-refractivity contribution in [3.8, 4) is 17.2 Å². The van der Waals surface area contributed by atoms with Gasteiger partial charge in [0.2, 0.25) is 0 Å². The minimum Gasteiger partial charge on any atom is -0.495 e. The second kappa shape index (κ2) is 10.2. The van der Waals surface area contributed by atoms with Crippen LogP contribution in [0.5, 0.6) is 17.2 Å². The van der Waals surface area contributed by atoms with Gasteiger partial charge in [0.15, 0.2) is 18.1 Å². The average Bonchev–Trinajstić information content (AvgIpc) is 2.78. The first-order chi connectivity index (χ1) is 14.6. The van der Waals surface area contributed by atoms with Crippen LogP contribution in [0.4, 0.5) is 15.8 Å². The molecular formula is C23H23FN2O4. The first kappa shape index (κ1) is 21.0. The van der Waals surface area contributed by atoms with Crippen LogP contribution in [-0.2, 0) is 11.3 Å². The van der Waals surface area contributed by atoms with Gasteiger partial charge < -0.3 is 24.8 Å². The Balaban J connectivity index is 1.58. The van der Waals surface area contributed by atoms with E-state index in [4.69, 9.17) is 14.2 Å². The van der Waals surface area contributed by atoms with Crippen molar-refractivity contribution >= 4 is 17.3 Å². The lowest BCUT2D eigenvalue weighted by Gasteiger charge is -2.14. The van der Waals surface area contributed by atoms with Crippen LogP contribution in [-0.4, -0.2) is 26.7 Å². The van der Waals surface area contributed by atoms with Crippen LogP contribution < -0.4 is 24.8 Å². The number of methoxy groups -OCH3 is 2. The van der Waals surface area contributed by atoms with E-state index in [1.807, 2.05) is 18.2 Å². The lowest BCUT2D eigenvalue weighted by molar-refractivity contribution is -0.118. The van der Waals surface area contributed by atoms with Gasteiger partial charge in [-0.3, -0.25) is 4.79 Å². The highest BCUT2D eigenvalue weighted by Crippen LogP contribution is 2.29. The zero-order valence-corrected chi connectivity index (χ0v) is 16.8. The summed E-state index contributed by atoms with van der Waals surface area (Å²) >= 11 is 0. The minimum atomic E-state index is -0.316. The molecule has 6 nitrogen and oxygen atoms in total. The molecule has 0 aromatic heterocycles. The molecule has 0 fully saturated rings. The summed E-state index contributed by atoms with van der Waals surface area (Å²) in [5, 5.41) is 5.96. The maximum Gasteiger partial charge on any atom is 0.262 e. The topological polar surface area (TPSA) is 68.8 Å². The predicted molar refractivity (Wildman–Crippen MR) is 114 cm³/mol. The van der Waals surface area contributed by atoms with E-state index in [1.165, 1.54) is 19.2 Å². The first-order valence-electron chi connectivity index (χ1n) is 9.31. The van der Waals surface area contributed by atoms with Crippen LogP contribution >= 0.6 is 0 Å². The van der Waals surface area contributed by atoms with E-state index in [-0.39, 0.29) is 18.3 Å². The van der Waals surface area contributed by atoms with Crippen molar-refractivity contribution in [1.82, 2.24) is 0 Å². The molecule has 0 aliphatic carbocycles. The lowest BCUT2D eigenvalue weighted by atomic mass is 10.2. The van der Waals surface area contributed by atoms with Crippen LogP contribution in [0.15, 0.2) is 66.7 Å². The van der Waals surface area contributed by atoms with E-state index in [2.05, 4.69) is 10.6 Å². The molecule has 30 heavy (non-hydrogen) atoms. The van der Waals surface area contributed by atoms with Gasteiger partial charge >= 0.3 is 0 Å². The minimum absolute atomic E-state index is 0.179. The highest BCUT2D eigenvalue weighted by Gasteiger charge is 2.11. The molecular weight excluding hydrogens is 387 g/mol. The molecule has 0 saturated heterocycles. The number of carbonyl (C=O) groups excluding carboxylic acids is 1. The molecule has 1 amide bonds. The zero-order chi connectivity index (χ0) is 21.3. The molecule has 0 spiro atoms. The van der Waals surface area contributed by atoms with Crippen molar-refractivity contribution in [2.24, 2.45) is 0 Å². The van der Waals surface area contributed by atoms with E-state index < -0.39 is 0 Å². The predicted octanol–water partition coefficient (Wildman–Crippen LogP) is 4.47. The summed E-state index contributed by atoms with van der Waals surface area (Å²) in [6.07, 6.45) is 0. The molecule has 156 valence electrons. The van der Waals surface area contributed by atoms with E-state index in [1.54, 1.807) is 43.5 Å². The number of nitrogens with one attached hydrogen (secondary N) is 2. The van der Waals surface area contributed by atoms with Gasteiger partial charge in [-0.1, -0.05) is 18.2 Å². The van der Waals surface area contributed by atoms with Crippen molar-refractivity contribution < 1.29 is 23.4 Å². The Morgan fingerprint density at radius 2 is 1.63 bits per heavy atom. The third kappa shape index (κ3) is 5.64. The Morgan fingerprint density at radius 3 is 2.37 bits per heavy atom. The van der Waals surface area contributed by atoms with E-state index in [9.17, 15) is 9.18 Å². The number of rotatable bonds is 9. The van der Waals surface area contributed by atoms with E-state index in [0.717, 1.165) is 11.3 Å². The summed E-state index contributed by atoms with van der Waals surface area (Å²) in [4.78, 5) is 12.2. The third-order valence-electron chi connectivity index (χ3n) is 4.31. The van der Waals surface area contributed by atoms with Gasteiger partial charge in [-0.05, 0) is 54.1 Å². The molecule has 2 N–H and O–H groups in total.